The van der Waals surface area contributed by atoms with Crippen LogP contribution in [0, 0.1) is 0 Å². The minimum absolute atomic E-state index is 0.123. The summed E-state index contributed by atoms with van der Waals surface area (Å²) in [6.07, 6.45) is 2.33. The largest absolute Gasteiger partial charge is 0.380 e. The van der Waals surface area contributed by atoms with Crippen LogP contribution >= 0.6 is 31.9 Å². The van der Waals surface area contributed by atoms with Crippen LogP contribution in [-0.4, -0.2) is 18.8 Å². The smallest absolute Gasteiger partial charge is 0.0645 e. The summed E-state index contributed by atoms with van der Waals surface area (Å²) in [5.41, 5.74) is 1.41. The van der Waals surface area contributed by atoms with Gasteiger partial charge in [0.2, 0.25) is 0 Å². The molecular weight excluding hydrogens is 346 g/mol. The van der Waals surface area contributed by atoms with E-state index in [2.05, 4.69) is 62.3 Å². The third kappa shape index (κ3) is 3.78. The van der Waals surface area contributed by atoms with Gasteiger partial charge in [0, 0.05) is 27.6 Å². The fourth-order valence-corrected chi connectivity index (χ4v) is 2.71. The maximum absolute atomic E-state index is 5.54. The van der Waals surface area contributed by atoms with Crippen LogP contribution in [0.5, 0.6) is 0 Å². The Morgan fingerprint density at radius 3 is 2.82 bits per heavy atom. The quantitative estimate of drug-likeness (QED) is 0.881. The van der Waals surface area contributed by atoms with Crippen LogP contribution in [0.15, 0.2) is 27.1 Å². The van der Waals surface area contributed by atoms with Gasteiger partial charge in [-0.25, -0.2) is 0 Å². The van der Waals surface area contributed by atoms with Crippen LogP contribution in [-0.2, 0) is 11.3 Å². The van der Waals surface area contributed by atoms with E-state index in [4.69, 9.17) is 4.74 Å². The summed E-state index contributed by atoms with van der Waals surface area (Å²) in [6, 6.07) is 6.35. The number of hydrogen-bond donors (Lipinski definition) is 1. The van der Waals surface area contributed by atoms with E-state index in [1.807, 2.05) is 0 Å². The molecule has 1 saturated heterocycles. The molecule has 0 amide bonds. The van der Waals surface area contributed by atoms with Crippen molar-refractivity contribution in [3.8, 4) is 0 Å². The molecule has 1 aliphatic rings. The lowest BCUT2D eigenvalue weighted by molar-refractivity contribution is 0.0278. The molecule has 0 bridgehead atoms. The predicted molar refractivity (Wildman–Crippen MR) is 77.1 cm³/mol. The average molecular weight is 363 g/mol. The minimum atomic E-state index is 0.123. The second kappa shape index (κ2) is 5.83. The van der Waals surface area contributed by atoms with Crippen LogP contribution in [0.2, 0.25) is 0 Å². The molecule has 1 N–H and O–H groups in total. The van der Waals surface area contributed by atoms with Crippen molar-refractivity contribution in [1.82, 2.24) is 5.32 Å². The zero-order valence-electron chi connectivity index (χ0n) is 9.93. The second-order valence-corrected chi connectivity index (χ2v) is 6.53. The molecule has 1 aliphatic heterocycles. The Bertz CT molecular complexity index is 389. The van der Waals surface area contributed by atoms with Gasteiger partial charge < -0.3 is 10.1 Å². The van der Waals surface area contributed by atoms with Gasteiger partial charge in [-0.05, 0) is 69.3 Å². The van der Waals surface area contributed by atoms with E-state index in [1.165, 1.54) is 12.0 Å². The SMILES string of the molecule is CC1(NCc2ccc(Br)c(Br)c2)CCCOC1. The van der Waals surface area contributed by atoms with Gasteiger partial charge in [-0.1, -0.05) is 6.07 Å². The maximum Gasteiger partial charge on any atom is 0.0645 e. The molecule has 0 radical (unpaired) electrons. The molecule has 1 aromatic carbocycles. The summed E-state index contributed by atoms with van der Waals surface area (Å²) in [6.45, 7) is 4.83. The number of halogens is 2. The van der Waals surface area contributed by atoms with E-state index >= 15 is 0 Å². The highest BCUT2D eigenvalue weighted by Gasteiger charge is 2.26. The van der Waals surface area contributed by atoms with Crippen LogP contribution in [0.1, 0.15) is 25.3 Å². The molecule has 4 heteroatoms. The zero-order chi connectivity index (χ0) is 12.3. The van der Waals surface area contributed by atoms with Crippen molar-refractivity contribution < 1.29 is 4.74 Å². The number of hydrogen-bond acceptors (Lipinski definition) is 2. The number of ether oxygens (including phenoxy) is 1. The molecule has 2 rings (SSSR count). The Morgan fingerprint density at radius 2 is 2.18 bits per heavy atom. The highest BCUT2D eigenvalue weighted by molar-refractivity contribution is 9.13. The summed E-state index contributed by atoms with van der Waals surface area (Å²) < 4.78 is 7.73. The highest BCUT2D eigenvalue weighted by Crippen LogP contribution is 2.24. The lowest BCUT2D eigenvalue weighted by Gasteiger charge is -2.34. The molecule has 2 nitrogen and oxygen atoms in total. The molecule has 1 fully saturated rings. The number of nitrogens with one attached hydrogen (secondary N) is 1. The molecule has 0 spiro atoms. The second-order valence-electron chi connectivity index (χ2n) is 4.82. The fourth-order valence-electron chi connectivity index (χ4n) is 2.04. The number of rotatable bonds is 3. The minimum Gasteiger partial charge on any atom is -0.380 e. The topological polar surface area (TPSA) is 21.3 Å². The summed E-state index contributed by atoms with van der Waals surface area (Å²) in [5, 5.41) is 3.60. The van der Waals surface area contributed by atoms with E-state index in [1.54, 1.807) is 0 Å². The molecule has 0 saturated carbocycles. The van der Waals surface area contributed by atoms with E-state index in [-0.39, 0.29) is 5.54 Å². The average Bonchev–Trinajstić information content (AvgIpc) is 2.32. The van der Waals surface area contributed by atoms with Crippen molar-refractivity contribution in [2.75, 3.05) is 13.2 Å². The standard InChI is InChI=1S/C13H17Br2NO/c1-13(5-2-6-17-9-13)16-8-10-3-4-11(14)12(15)7-10/h3-4,7,16H,2,5-6,8-9H2,1H3. The summed E-state index contributed by atoms with van der Waals surface area (Å²) in [5.74, 6) is 0. The summed E-state index contributed by atoms with van der Waals surface area (Å²) in [4.78, 5) is 0. The Labute approximate surface area is 119 Å². The third-order valence-corrected chi connectivity index (χ3v) is 5.02. The van der Waals surface area contributed by atoms with E-state index in [0.29, 0.717) is 0 Å². The maximum atomic E-state index is 5.54. The van der Waals surface area contributed by atoms with Crippen molar-refractivity contribution in [1.29, 1.82) is 0 Å². The van der Waals surface area contributed by atoms with Crippen molar-refractivity contribution >= 4 is 31.9 Å². The van der Waals surface area contributed by atoms with Crippen molar-refractivity contribution in [3.63, 3.8) is 0 Å². The van der Waals surface area contributed by atoms with Crippen molar-refractivity contribution in [2.24, 2.45) is 0 Å². The summed E-state index contributed by atoms with van der Waals surface area (Å²) in [7, 11) is 0. The molecule has 0 aliphatic carbocycles. The Balaban J connectivity index is 1.94. The molecule has 1 aromatic rings. The molecule has 1 heterocycles. The van der Waals surface area contributed by atoms with Gasteiger partial charge in [0.25, 0.3) is 0 Å². The molecule has 1 atom stereocenters. The highest BCUT2D eigenvalue weighted by atomic mass is 79.9. The molecule has 0 aromatic heterocycles. The third-order valence-electron chi connectivity index (χ3n) is 3.14. The van der Waals surface area contributed by atoms with E-state index in [9.17, 15) is 0 Å². The predicted octanol–water partition coefficient (Wildman–Crippen LogP) is 3.87. The van der Waals surface area contributed by atoms with Crippen LogP contribution < -0.4 is 5.32 Å². The van der Waals surface area contributed by atoms with Crippen LogP contribution in [0.25, 0.3) is 0 Å². The Kier molecular flexibility index (Phi) is 4.64. The van der Waals surface area contributed by atoms with Gasteiger partial charge in [-0.3, -0.25) is 0 Å². The first-order valence-corrected chi connectivity index (χ1v) is 7.44. The lowest BCUT2D eigenvalue weighted by atomic mass is 9.94. The van der Waals surface area contributed by atoms with Gasteiger partial charge in [-0.15, -0.1) is 0 Å². The first-order chi connectivity index (χ1) is 8.09. The number of benzene rings is 1. The monoisotopic (exact) mass is 361 g/mol. The zero-order valence-corrected chi connectivity index (χ0v) is 13.1. The Hall–Kier alpha value is 0.1000. The lowest BCUT2D eigenvalue weighted by Crippen LogP contribution is -2.48. The molecule has 1 unspecified atom stereocenters. The summed E-state index contributed by atoms with van der Waals surface area (Å²) >= 11 is 7.01. The first-order valence-electron chi connectivity index (χ1n) is 5.86. The van der Waals surface area contributed by atoms with Gasteiger partial charge >= 0.3 is 0 Å². The van der Waals surface area contributed by atoms with E-state index in [0.717, 1.165) is 35.1 Å². The Morgan fingerprint density at radius 1 is 1.35 bits per heavy atom. The van der Waals surface area contributed by atoms with Gasteiger partial charge in [0.15, 0.2) is 0 Å². The van der Waals surface area contributed by atoms with Crippen LogP contribution in [0.4, 0.5) is 0 Å². The van der Waals surface area contributed by atoms with Crippen molar-refractivity contribution in [3.05, 3.63) is 32.7 Å². The van der Waals surface area contributed by atoms with Gasteiger partial charge in [0.1, 0.15) is 0 Å². The fraction of sp³-hybridized carbons (Fsp3) is 0.538. The molecule has 17 heavy (non-hydrogen) atoms. The normalized spacial score (nSPS) is 24.9. The first kappa shape index (κ1) is 13.5. The van der Waals surface area contributed by atoms with Crippen molar-refractivity contribution in [2.45, 2.75) is 31.8 Å². The van der Waals surface area contributed by atoms with Gasteiger partial charge in [0.05, 0.1) is 6.61 Å². The van der Waals surface area contributed by atoms with Gasteiger partial charge in [-0.2, -0.15) is 0 Å². The van der Waals surface area contributed by atoms with E-state index < -0.39 is 0 Å². The molecule has 94 valence electrons. The molecular formula is C13H17Br2NO. The van der Waals surface area contributed by atoms with Crippen LogP contribution in [0.3, 0.4) is 0 Å².